The largest absolute Gasteiger partial charge is 0.480 e. The van der Waals surface area contributed by atoms with E-state index in [0.717, 1.165) is 22.2 Å². The molecule has 0 radical (unpaired) electrons. The number of carbonyl (C=O) groups excluding carboxylic acids is 2. The molecule has 0 spiro atoms. The highest BCUT2D eigenvalue weighted by Crippen LogP contribution is 2.30. The summed E-state index contributed by atoms with van der Waals surface area (Å²) in [5.41, 5.74) is 1.02. The molecule has 19 heavy (non-hydrogen) atoms. The van der Waals surface area contributed by atoms with Crippen LogP contribution in [-0.4, -0.2) is 33.7 Å². The number of hydrogen-bond acceptors (Lipinski definition) is 4. The van der Waals surface area contributed by atoms with Gasteiger partial charge in [-0.1, -0.05) is 36.4 Å². The molecule has 1 aromatic rings. The first-order chi connectivity index (χ1) is 9.08. The van der Waals surface area contributed by atoms with Crippen molar-refractivity contribution in [2.45, 2.75) is 6.42 Å². The van der Waals surface area contributed by atoms with E-state index in [2.05, 4.69) is 0 Å². The van der Waals surface area contributed by atoms with Crippen LogP contribution in [0.1, 0.15) is 5.56 Å². The van der Waals surface area contributed by atoms with Gasteiger partial charge in [-0.3, -0.25) is 19.3 Å². The van der Waals surface area contributed by atoms with E-state index in [1.165, 1.54) is 0 Å². The van der Waals surface area contributed by atoms with Crippen LogP contribution in [0.15, 0.2) is 41.3 Å². The molecule has 2 rings (SSSR count). The van der Waals surface area contributed by atoms with Crippen LogP contribution >= 0.6 is 11.8 Å². The van der Waals surface area contributed by atoms with Crippen LogP contribution < -0.4 is 0 Å². The zero-order chi connectivity index (χ0) is 13.8. The molecule has 0 bridgehead atoms. The number of amides is 2. The second-order valence-electron chi connectivity index (χ2n) is 3.91. The van der Waals surface area contributed by atoms with Gasteiger partial charge in [0.25, 0.3) is 11.1 Å². The summed E-state index contributed by atoms with van der Waals surface area (Å²) in [5, 5.41) is 8.09. The lowest BCUT2D eigenvalue weighted by Gasteiger charge is -2.07. The van der Waals surface area contributed by atoms with Gasteiger partial charge < -0.3 is 5.11 Å². The third-order valence-electron chi connectivity index (χ3n) is 2.53. The lowest BCUT2D eigenvalue weighted by Crippen LogP contribution is -2.33. The minimum atomic E-state index is -1.20. The van der Waals surface area contributed by atoms with Crippen molar-refractivity contribution in [1.29, 1.82) is 0 Å². The molecule has 0 atom stereocenters. The highest BCUT2D eigenvalue weighted by Gasteiger charge is 2.35. The molecular weight excluding hydrogens is 266 g/mol. The Bertz CT molecular complexity index is 553. The third kappa shape index (κ3) is 3.23. The fraction of sp³-hybridized carbons (Fsp3) is 0.154. The molecule has 1 heterocycles. The van der Waals surface area contributed by atoms with E-state index in [4.69, 9.17) is 5.11 Å². The van der Waals surface area contributed by atoms with Crippen molar-refractivity contribution in [3.63, 3.8) is 0 Å². The summed E-state index contributed by atoms with van der Waals surface area (Å²) < 4.78 is 0. The summed E-state index contributed by atoms with van der Waals surface area (Å²) in [6.45, 7) is -0.590. The monoisotopic (exact) mass is 277 g/mol. The van der Waals surface area contributed by atoms with E-state index in [-0.39, 0.29) is 4.91 Å². The predicted octanol–water partition coefficient (Wildman–Crippen LogP) is 1.89. The van der Waals surface area contributed by atoms with Crippen LogP contribution in [0, 0.1) is 0 Å². The normalized spacial score (nSPS) is 17.3. The highest BCUT2D eigenvalue weighted by molar-refractivity contribution is 8.18. The number of aliphatic carboxylic acids is 1. The Hall–Kier alpha value is -2.08. The number of rotatable bonds is 4. The van der Waals surface area contributed by atoms with Crippen molar-refractivity contribution >= 4 is 28.9 Å². The molecule has 0 saturated carbocycles. The number of benzene rings is 1. The molecular formula is C13H11NO4S. The summed E-state index contributed by atoms with van der Waals surface area (Å²) in [6.07, 6.45) is 2.19. The number of thioether (sulfide) groups is 1. The Labute approximate surface area is 113 Å². The molecule has 98 valence electrons. The van der Waals surface area contributed by atoms with E-state index in [0.29, 0.717) is 6.42 Å². The molecule has 1 N–H and O–H groups in total. The van der Waals surface area contributed by atoms with Crippen molar-refractivity contribution in [2.75, 3.05) is 6.54 Å². The second kappa shape index (κ2) is 5.71. The molecule has 2 amide bonds. The number of allylic oxidation sites excluding steroid dienone is 1. The van der Waals surface area contributed by atoms with E-state index in [9.17, 15) is 14.4 Å². The summed E-state index contributed by atoms with van der Waals surface area (Å²) in [6, 6.07) is 9.50. The molecule has 5 nitrogen and oxygen atoms in total. The van der Waals surface area contributed by atoms with E-state index < -0.39 is 23.7 Å². The van der Waals surface area contributed by atoms with E-state index in [1.807, 2.05) is 30.3 Å². The Kier molecular flexibility index (Phi) is 4.01. The van der Waals surface area contributed by atoms with Gasteiger partial charge >= 0.3 is 5.97 Å². The highest BCUT2D eigenvalue weighted by atomic mass is 32.2. The Morgan fingerprint density at radius 2 is 1.95 bits per heavy atom. The van der Waals surface area contributed by atoms with Crippen molar-refractivity contribution < 1.29 is 19.5 Å². The first-order valence-electron chi connectivity index (χ1n) is 5.57. The average Bonchev–Trinajstić information content (AvgIpc) is 2.65. The van der Waals surface area contributed by atoms with Gasteiger partial charge in [0.1, 0.15) is 6.54 Å². The zero-order valence-electron chi connectivity index (χ0n) is 9.91. The van der Waals surface area contributed by atoms with Crippen LogP contribution in [0.4, 0.5) is 4.79 Å². The van der Waals surface area contributed by atoms with Crippen LogP contribution in [0.3, 0.4) is 0 Å². The molecule has 1 aliphatic heterocycles. The number of carboxylic acids is 1. The van der Waals surface area contributed by atoms with Crippen molar-refractivity contribution in [3.05, 3.63) is 46.9 Å². The van der Waals surface area contributed by atoms with Gasteiger partial charge in [-0.05, 0) is 23.7 Å². The lowest BCUT2D eigenvalue weighted by molar-refractivity contribution is -0.140. The second-order valence-corrected chi connectivity index (χ2v) is 4.90. The van der Waals surface area contributed by atoms with Crippen molar-refractivity contribution in [3.8, 4) is 0 Å². The van der Waals surface area contributed by atoms with Crippen molar-refractivity contribution in [2.24, 2.45) is 0 Å². The standard InChI is InChI=1S/C13H11NO4S/c15-11(16)8-14-12(17)10(19-13(14)18)7-6-9-4-2-1-3-5-9/h1-5,7H,6,8H2,(H,15,16). The number of nitrogens with zero attached hydrogens (tertiary/aromatic N) is 1. The Balaban J connectivity index is 2.08. The summed E-state index contributed by atoms with van der Waals surface area (Å²) in [7, 11) is 0. The maximum absolute atomic E-state index is 11.8. The van der Waals surface area contributed by atoms with Crippen molar-refractivity contribution in [1.82, 2.24) is 4.90 Å². The topological polar surface area (TPSA) is 74.7 Å². The van der Waals surface area contributed by atoms with Gasteiger partial charge in [-0.2, -0.15) is 0 Å². The molecule has 1 aliphatic rings. The SMILES string of the molecule is O=C(O)CN1C(=O)SC(=CCc2ccccc2)C1=O. The molecule has 0 aliphatic carbocycles. The van der Waals surface area contributed by atoms with Gasteiger partial charge in [0, 0.05) is 0 Å². The van der Waals surface area contributed by atoms with Crippen LogP contribution in [-0.2, 0) is 16.0 Å². The fourth-order valence-electron chi connectivity index (χ4n) is 1.63. The summed E-state index contributed by atoms with van der Waals surface area (Å²) in [4.78, 5) is 34.9. The fourth-order valence-corrected chi connectivity index (χ4v) is 2.44. The third-order valence-corrected chi connectivity index (χ3v) is 3.49. The molecule has 1 aromatic carbocycles. The first-order valence-corrected chi connectivity index (χ1v) is 6.39. The zero-order valence-corrected chi connectivity index (χ0v) is 10.7. The van der Waals surface area contributed by atoms with E-state index >= 15 is 0 Å². The molecule has 1 saturated heterocycles. The number of hydrogen-bond donors (Lipinski definition) is 1. The Morgan fingerprint density at radius 3 is 2.58 bits per heavy atom. The Morgan fingerprint density at radius 1 is 1.26 bits per heavy atom. The maximum Gasteiger partial charge on any atom is 0.323 e. The maximum atomic E-state index is 11.8. The molecule has 6 heteroatoms. The average molecular weight is 277 g/mol. The van der Waals surface area contributed by atoms with Crippen LogP contribution in [0.5, 0.6) is 0 Å². The minimum Gasteiger partial charge on any atom is -0.480 e. The van der Waals surface area contributed by atoms with Crippen LogP contribution in [0.25, 0.3) is 0 Å². The quantitative estimate of drug-likeness (QED) is 0.851. The lowest BCUT2D eigenvalue weighted by atomic mass is 10.1. The van der Waals surface area contributed by atoms with Gasteiger partial charge in [0.15, 0.2) is 0 Å². The summed E-state index contributed by atoms with van der Waals surface area (Å²) in [5.74, 6) is -1.74. The van der Waals surface area contributed by atoms with Gasteiger partial charge in [0.05, 0.1) is 4.91 Å². The van der Waals surface area contributed by atoms with E-state index in [1.54, 1.807) is 6.08 Å². The van der Waals surface area contributed by atoms with Gasteiger partial charge in [0.2, 0.25) is 0 Å². The summed E-state index contributed by atoms with van der Waals surface area (Å²) >= 11 is 0.778. The first kappa shape index (κ1) is 13.4. The van der Waals surface area contributed by atoms with Gasteiger partial charge in [-0.25, -0.2) is 0 Å². The molecule has 0 aromatic heterocycles. The van der Waals surface area contributed by atoms with Crippen LogP contribution in [0.2, 0.25) is 0 Å². The minimum absolute atomic E-state index is 0.287. The number of carbonyl (C=O) groups is 3. The molecule has 0 unspecified atom stereocenters. The van der Waals surface area contributed by atoms with Gasteiger partial charge in [-0.15, -0.1) is 0 Å². The number of carboxylic acid groups (broad SMARTS) is 1. The predicted molar refractivity (Wildman–Crippen MR) is 70.6 cm³/mol. The smallest absolute Gasteiger partial charge is 0.323 e. The number of imide groups is 1. The molecule has 1 fully saturated rings.